The topological polar surface area (TPSA) is 38.3 Å². The number of nitrogens with one attached hydrogen (secondary N) is 1. The van der Waals surface area contributed by atoms with Crippen molar-refractivity contribution in [3.8, 4) is 0 Å². The number of hydrogen-bond acceptors (Lipinski definition) is 3. The molecule has 2 saturated carbocycles. The Balaban J connectivity index is 2.20. The summed E-state index contributed by atoms with van der Waals surface area (Å²) < 4.78 is 5.08. The molecule has 0 radical (unpaired) electrons. The molecular formula is C14H25NO2. The first kappa shape index (κ1) is 12.9. The van der Waals surface area contributed by atoms with E-state index < -0.39 is 5.54 Å². The van der Waals surface area contributed by atoms with E-state index in [0.29, 0.717) is 6.04 Å². The van der Waals surface area contributed by atoms with E-state index in [2.05, 4.69) is 19.2 Å². The van der Waals surface area contributed by atoms with Gasteiger partial charge in [-0.3, -0.25) is 10.1 Å². The van der Waals surface area contributed by atoms with E-state index in [-0.39, 0.29) is 11.4 Å². The van der Waals surface area contributed by atoms with E-state index in [1.54, 1.807) is 0 Å². The highest BCUT2D eigenvalue weighted by molar-refractivity contribution is 5.82. The fourth-order valence-corrected chi connectivity index (χ4v) is 3.64. The van der Waals surface area contributed by atoms with Gasteiger partial charge in [0.25, 0.3) is 0 Å². The first-order chi connectivity index (χ1) is 8.02. The Morgan fingerprint density at radius 3 is 2.29 bits per heavy atom. The molecule has 1 atom stereocenters. The summed E-state index contributed by atoms with van der Waals surface area (Å²) in [4.78, 5) is 12.3. The zero-order valence-electron chi connectivity index (χ0n) is 11.3. The van der Waals surface area contributed by atoms with Gasteiger partial charge in [0.15, 0.2) is 0 Å². The summed E-state index contributed by atoms with van der Waals surface area (Å²) in [5.41, 5.74) is -0.445. The van der Waals surface area contributed by atoms with Gasteiger partial charge in [-0.2, -0.15) is 0 Å². The second kappa shape index (κ2) is 4.60. The Hall–Kier alpha value is -0.570. The number of ether oxygens (including phenoxy) is 1. The third-order valence-electron chi connectivity index (χ3n) is 4.85. The van der Waals surface area contributed by atoms with Crippen molar-refractivity contribution in [1.82, 2.24) is 5.32 Å². The fourth-order valence-electron chi connectivity index (χ4n) is 3.64. The molecule has 0 aromatic rings. The van der Waals surface area contributed by atoms with Gasteiger partial charge < -0.3 is 4.74 Å². The van der Waals surface area contributed by atoms with Crippen LogP contribution in [0.15, 0.2) is 0 Å². The van der Waals surface area contributed by atoms with Gasteiger partial charge in [0.05, 0.1) is 7.11 Å². The Labute approximate surface area is 104 Å². The second-order valence-corrected chi connectivity index (χ2v) is 6.26. The van der Waals surface area contributed by atoms with Crippen LogP contribution in [0.25, 0.3) is 0 Å². The van der Waals surface area contributed by atoms with Crippen molar-refractivity contribution in [3.05, 3.63) is 0 Å². The van der Waals surface area contributed by atoms with Gasteiger partial charge in [-0.05, 0) is 31.1 Å². The molecule has 2 fully saturated rings. The van der Waals surface area contributed by atoms with Crippen molar-refractivity contribution < 1.29 is 9.53 Å². The normalized spacial score (nSPS) is 32.9. The summed E-state index contributed by atoms with van der Waals surface area (Å²) in [5, 5.41) is 3.66. The van der Waals surface area contributed by atoms with Gasteiger partial charge in [0, 0.05) is 6.04 Å². The van der Waals surface area contributed by atoms with E-state index in [9.17, 15) is 4.79 Å². The maximum absolute atomic E-state index is 12.3. The molecule has 1 N–H and O–H groups in total. The molecule has 2 aliphatic rings. The van der Waals surface area contributed by atoms with Gasteiger partial charge in [0.2, 0.25) is 0 Å². The lowest BCUT2D eigenvalue weighted by atomic mass is 9.74. The molecule has 0 heterocycles. The van der Waals surface area contributed by atoms with Crippen molar-refractivity contribution in [1.29, 1.82) is 0 Å². The summed E-state index contributed by atoms with van der Waals surface area (Å²) in [6.45, 7) is 4.39. The van der Waals surface area contributed by atoms with Crippen LogP contribution >= 0.6 is 0 Å². The molecule has 0 spiro atoms. The third kappa shape index (κ3) is 2.10. The van der Waals surface area contributed by atoms with Crippen molar-refractivity contribution in [3.63, 3.8) is 0 Å². The average Bonchev–Trinajstić information content (AvgIpc) is 2.87. The summed E-state index contributed by atoms with van der Waals surface area (Å²) >= 11 is 0. The highest BCUT2D eigenvalue weighted by Crippen LogP contribution is 2.47. The monoisotopic (exact) mass is 239 g/mol. The number of rotatable bonds is 3. The molecule has 0 bridgehead atoms. The van der Waals surface area contributed by atoms with Crippen LogP contribution in [0.4, 0.5) is 0 Å². The first-order valence-corrected chi connectivity index (χ1v) is 6.88. The summed E-state index contributed by atoms with van der Waals surface area (Å²) in [6, 6.07) is 0.506. The minimum absolute atomic E-state index is 0.00266. The van der Waals surface area contributed by atoms with E-state index in [1.165, 1.54) is 32.8 Å². The van der Waals surface area contributed by atoms with Crippen LogP contribution in [0.2, 0.25) is 0 Å². The average molecular weight is 239 g/mol. The standard InChI is InChI=1S/C14H25NO2/c1-13(2)9-6-10-14(13,12(16)17-3)15-11-7-4-5-8-11/h11,15H,4-10H2,1-3H3. The van der Waals surface area contributed by atoms with Crippen molar-refractivity contribution in [2.45, 2.75) is 70.4 Å². The molecule has 2 aliphatic carbocycles. The van der Waals surface area contributed by atoms with Gasteiger partial charge in [0.1, 0.15) is 5.54 Å². The summed E-state index contributed by atoms with van der Waals surface area (Å²) in [5.74, 6) is -0.0631. The molecule has 0 aliphatic heterocycles. The number of esters is 1. The molecule has 0 saturated heterocycles. The van der Waals surface area contributed by atoms with Crippen LogP contribution in [-0.2, 0) is 9.53 Å². The predicted molar refractivity (Wildman–Crippen MR) is 67.8 cm³/mol. The summed E-state index contributed by atoms with van der Waals surface area (Å²) in [6.07, 6.45) is 8.11. The highest BCUT2D eigenvalue weighted by Gasteiger charge is 2.55. The van der Waals surface area contributed by atoms with Crippen LogP contribution in [0.3, 0.4) is 0 Å². The first-order valence-electron chi connectivity index (χ1n) is 6.88. The lowest BCUT2D eigenvalue weighted by Gasteiger charge is -2.41. The molecule has 98 valence electrons. The predicted octanol–water partition coefficient (Wildman–Crippen LogP) is 2.64. The minimum Gasteiger partial charge on any atom is -0.468 e. The second-order valence-electron chi connectivity index (χ2n) is 6.26. The number of carbonyl (C=O) groups is 1. The molecule has 2 rings (SSSR count). The maximum atomic E-state index is 12.3. The molecule has 3 heteroatoms. The molecule has 17 heavy (non-hydrogen) atoms. The van der Waals surface area contributed by atoms with E-state index >= 15 is 0 Å². The Kier molecular flexibility index (Phi) is 3.48. The van der Waals surface area contributed by atoms with Crippen LogP contribution in [0, 0.1) is 5.41 Å². The van der Waals surface area contributed by atoms with Crippen LogP contribution < -0.4 is 5.32 Å². The SMILES string of the molecule is COC(=O)C1(NC2CCCC2)CCCC1(C)C. The van der Waals surface area contributed by atoms with Crippen LogP contribution in [0.5, 0.6) is 0 Å². The quantitative estimate of drug-likeness (QED) is 0.769. The molecule has 0 aromatic carbocycles. The lowest BCUT2D eigenvalue weighted by Crippen LogP contribution is -2.61. The Morgan fingerprint density at radius 2 is 1.82 bits per heavy atom. The smallest absolute Gasteiger partial charge is 0.326 e. The molecule has 3 nitrogen and oxygen atoms in total. The minimum atomic E-state index is -0.448. The zero-order valence-corrected chi connectivity index (χ0v) is 11.3. The van der Waals surface area contributed by atoms with E-state index in [1.807, 2.05) is 0 Å². The van der Waals surface area contributed by atoms with E-state index in [0.717, 1.165) is 19.3 Å². The van der Waals surface area contributed by atoms with Crippen LogP contribution in [-0.4, -0.2) is 24.7 Å². The van der Waals surface area contributed by atoms with Gasteiger partial charge >= 0.3 is 5.97 Å². The molecule has 0 amide bonds. The third-order valence-corrected chi connectivity index (χ3v) is 4.85. The van der Waals surface area contributed by atoms with Crippen molar-refractivity contribution >= 4 is 5.97 Å². The number of hydrogen-bond donors (Lipinski definition) is 1. The van der Waals surface area contributed by atoms with Gasteiger partial charge in [-0.15, -0.1) is 0 Å². The summed E-state index contributed by atoms with van der Waals surface area (Å²) in [7, 11) is 1.51. The van der Waals surface area contributed by atoms with Crippen LogP contribution in [0.1, 0.15) is 58.8 Å². The molecular weight excluding hydrogens is 214 g/mol. The van der Waals surface area contributed by atoms with Gasteiger partial charge in [-0.25, -0.2) is 0 Å². The van der Waals surface area contributed by atoms with Crippen molar-refractivity contribution in [2.24, 2.45) is 5.41 Å². The molecule has 1 unspecified atom stereocenters. The fraction of sp³-hybridized carbons (Fsp3) is 0.929. The van der Waals surface area contributed by atoms with Crippen molar-refractivity contribution in [2.75, 3.05) is 7.11 Å². The lowest BCUT2D eigenvalue weighted by molar-refractivity contribution is -0.153. The molecule has 0 aromatic heterocycles. The Morgan fingerprint density at radius 1 is 1.18 bits per heavy atom. The van der Waals surface area contributed by atoms with E-state index in [4.69, 9.17) is 4.74 Å². The maximum Gasteiger partial charge on any atom is 0.326 e. The zero-order chi connectivity index (χ0) is 12.5. The number of carbonyl (C=O) groups excluding carboxylic acids is 1. The van der Waals surface area contributed by atoms with Gasteiger partial charge in [-0.1, -0.05) is 33.1 Å². The highest BCUT2D eigenvalue weighted by atomic mass is 16.5. The Bertz CT molecular complexity index is 295. The number of methoxy groups -OCH3 is 1. The largest absolute Gasteiger partial charge is 0.468 e.